The maximum Gasteiger partial charge on any atom is -0.0388 e. The molecule has 0 heterocycles. The summed E-state index contributed by atoms with van der Waals surface area (Å²) in [5, 5.41) is 0. The molecule has 0 spiro atoms. The van der Waals surface area contributed by atoms with Crippen LogP contribution in [-0.2, 0) is 0 Å². The standard InChI is InChI=1S/C8H20P.ClH/c1-5-9(6-2,7-3)8-4;/h5-8H2,1-4H3;1H. The van der Waals surface area contributed by atoms with Crippen LogP contribution in [0, 0.1) is 0 Å². The van der Waals surface area contributed by atoms with Crippen LogP contribution in [-0.4, -0.2) is 24.6 Å². The summed E-state index contributed by atoms with van der Waals surface area (Å²) in [4.78, 5) is 0. The van der Waals surface area contributed by atoms with Crippen molar-refractivity contribution in [2.75, 3.05) is 24.6 Å². The molecule has 2 heteroatoms. The Morgan fingerprint density at radius 1 is 0.700 bits per heavy atom. The molecule has 0 rings (SSSR count). The van der Waals surface area contributed by atoms with Gasteiger partial charge in [0.2, 0.25) is 0 Å². The molecule has 0 aromatic rings. The van der Waals surface area contributed by atoms with E-state index in [0.29, 0.717) is 0 Å². The lowest BCUT2D eigenvalue weighted by atomic mass is 10.9. The van der Waals surface area contributed by atoms with E-state index < -0.39 is 7.26 Å². The Morgan fingerprint density at radius 3 is 0.900 bits per heavy atom. The van der Waals surface area contributed by atoms with Crippen molar-refractivity contribution in [3.63, 3.8) is 0 Å². The van der Waals surface area contributed by atoms with Crippen molar-refractivity contribution < 1.29 is 0 Å². The van der Waals surface area contributed by atoms with Crippen LogP contribution in [0.5, 0.6) is 0 Å². The molecule has 1 radical (unpaired) electrons. The lowest BCUT2D eigenvalue weighted by Crippen LogP contribution is -2.04. The van der Waals surface area contributed by atoms with Gasteiger partial charge in [0.25, 0.3) is 0 Å². The van der Waals surface area contributed by atoms with Crippen molar-refractivity contribution >= 4 is 19.7 Å². The lowest BCUT2D eigenvalue weighted by Gasteiger charge is -2.31. The van der Waals surface area contributed by atoms with Crippen LogP contribution in [0.2, 0.25) is 0 Å². The lowest BCUT2D eigenvalue weighted by molar-refractivity contribution is 1.25. The van der Waals surface area contributed by atoms with Crippen LogP contribution < -0.4 is 0 Å². The minimum Gasteiger partial charge on any atom is -0.147 e. The zero-order valence-corrected chi connectivity index (χ0v) is 9.39. The first-order valence-corrected chi connectivity index (χ1v) is 6.62. The highest BCUT2D eigenvalue weighted by molar-refractivity contribution is 7.75. The summed E-state index contributed by atoms with van der Waals surface area (Å²) in [7, 11) is -0.420. The molecule has 0 aliphatic carbocycles. The molecule has 0 aromatic carbocycles. The van der Waals surface area contributed by atoms with Crippen molar-refractivity contribution in [2.45, 2.75) is 27.7 Å². The summed E-state index contributed by atoms with van der Waals surface area (Å²) in [5.41, 5.74) is 0. The smallest absolute Gasteiger partial charge is 0.0388 e. The van der Waals surface area contributed by atoms with Gasteiger partial charge in [0, 0.05) is 0 Å². The fourth-order valence-corrected chi connectivity index (χ4v) is 4.02. The third kappa shape index (κ3) is 3.21. The van der Waals surface area contributed by atoms with E-state index in [4.69, 9.17) is 0 Å². The van der Waals surface area contributed by atoms with Gasteiger partial charge in [-0.05, 0) is 24.6 Å². The molecule has 0 amide bonds. The average Bonchev–Trinajstić information content (AvgIpc) is 1.95. The molecule has 0 aromatic heterocycles. The van der Waals surface area contributed by atoms with Gasteiger partial charge in [0.15, 0.2) is 0 Å². The summed E-state index contributed by atoms with van der Waals surface area (Å²) in [6.45, 7) is 9.41. The fraction of sp³-hybridized carbons (Fsp3) is 1.00. The van der Waals surface area contributed by atoms with Crippen LogP contribution in [0.4, 0.5) is 0 Å². The first-order valence-electron chi connectivity index (χ1n) is 4.09. The number of hydrogen-bond acceptors (Lipinski definition) is 0. The minimum absolute atomic E-state index is 0. The second-order valence-electron chi connectivity index (χ2n) is 2.61. The van der Waals surface area contributed by atoms with Crippen molar-refractivity contribution in [1.82, 2.24) is 0 Å². The Morgan fingerprint density at radius 2 is 0.900 bits per heavy atom. The number of hydrogen-bond donors (Lipinski definition) is 0. The molecule has 0 nitrogen and oxygen atoms in total. The summed E-state index contributed by atoms with van der Waals surface area (Å²) >= 11 is 0. The molecule has 0 N–H and O–H groups in total. The second-order valence-corrected chi connectivity index (χ2v) is 7.82. The predicted molar refractivity (Wildman–Crippen MR) is 56.3 cm³/mol. The minimum atomic E-state index is -0.420. The van der Waals surface area contributed by atoms with E-state index in [9.17, 15) is 0 Å². The maximum absolute atomic E-state index is 2.35. The Balaban J connectivity index is 0. The van der Waals surface area contributed by atoms with Crippen LogP contribution in [0.15, 0.2) is 0 Å². The molecule has 0 atom stereocenters. The molecule has 0 aliphatic rings. The molecule has 0 aliphatic heterocycles. The van der Waals surface area contributed by atoms with Crippen molar-refractivity contribution in [2.24, 2.45) is 0 Å². The Labute approximate surface area is 72.5 Å². The van der Waals surface area contributed by atoms with E-state index >= 15 is 0 Å². The van der Waals surface area contributed by atoms with Crippen molar-refractivity contribution in [3.8, 4) is 0 Å². The van der Waals surface area contributed by atoms with Gasteiger partial charge in [0.05, 0.1) is 0 Å². The Bertz CT molecular complexity index is 52.1. The molecule has 0 fully saturated rings. The van der Waals surface area contributed by atoms with Crippen molar-refractivity contribution in [3.05, 3.63) is 0 Å². The second kappa shape index (κ2) is 6.43. The monoisotopic (exact) mass is 183 g/mol. The van der Waals surface area contributed by atoms with Gasteiger partial charge in [-0.3, -0.25) is 0 Å². The van der Waals surface area contributed by atoms with Crippen LogP contribution in [0.25, 0.3) is 0 Å². The fourth-order valence-electron chi connectivity index (χ4n) is 1.34. The molecule has 0 unspecified atom stereocenters. The number of rotatable bonds is 4. The van der Waals surface area contributed by atoms with Gasteiger partial charge in [-0.25, -0.2) is 0 Å². The largest absolute Gasteiger partial charge is 0.147 e. The van der Waals surface area contributed by atoms with Crippen LogP contribution in [0.1, 0.15) is 27.7 Å². The van der Waals surface area contributed by atoms with Crippen molar-refractivity contribution in [1.29, 1.82) is 0 Å². The summed E-state index contributed by atoms with van der Waals surface area (Å²) in [6.07, 6.45) is 5.82. The molecule has 10 heavy (non-hydrogen) atoms. The van der Waals surface area contributed by atoms with Gasteiger partial charge < -0.3 is 0 Å². The molecular weight excluding hydrogens is 163 g/mol. The topological polar surface area (TPSA) is 0 Å². The van der Waals surface area contributed by atoms with Crippen LogP contribution >= 0.6 is 19.7 Å². The van der Waals surface area contributed by atoms with E-state index in [-0.39, 0.29) is 12.4 Å². The highest BCUT2D eigenvalue weighted by Gasteiger charge is 2.16. The first kappa shape index (κ1) is 13.3. The zero-order valence-electron chi connectivity index (χ0n) is 7.68. The molecule has 0 saturated heterocycles. The predicted octanol–water partition coefficient (Wildman–Crippen LogP) is 3.51. The Kier molecular flexibility index (Phi) is 8.57. The third-order valence-electron chi connectivity index (χ3n) is 2.68. The van der Waals surface area contributed by atoms with E-state index in [1.54, 1.807) is 0 Å². The first-order chi connectivity index (χ1) is 4.24. The van der Waals surface area contributed by atoms with Gasteiger partial charge in [-0.1, -0.05) is 27.7 Å². The maximum atomic E-state index is 2.35. The quantitative estimate of drug-likeness (QED) is 0.586. The highest BCUT2D eigenvalue weighted by Crippen LogP contribution is 2.57. The van der Waals surface area contributed by atoms with E-state index in [2.05, 4.69) is 27.7 Å². The molecule has 0 bridgehead atoms. The zero-order chi connectivity index (χ0) is 7.33. The van der Waals surface area contributed by atoms with Gasteiger partial charge in [0.1, 0.15) is 0 Å². The Hall–Kier alpha value is 0.720. The SMILES string of the molecule is CC[P](CC)(CC)CC.Cl. The van der Waals surface area contributed by atoms with E-state index in [1.807, 2.05) is 0 Å². The summed E-state index contributed by atoms with van der Waals surface area (Å²) < 4.78 is 0. The van der Waals surface area contributed by atoms with Gasteiger partial charge >= 0.3 is 0 Å². The van der Waals surface area contributed by atoms with Crippen LogP contribution in [0.3, 0.4) is 0 Å². The normalized spacial score (nSPS) is 10.8. The highest BCUT2D eigenvalue weighted by atomic mass is 35.5. The summed E-state index contributed by atoms with van der Waals surface area (Å²) in [6, 6.07) is 0. The van der Waals surface area contributed by atoms with Gasteiger partial charge in [-0.2, -0.15) is 0 Å². The van der Waals surface area contributed by atoms with E-state index in [0.717, 1.165) is 0 Å². The van der Waals surface area contributed by atoms with E-state index in [1.165, 1.54) is 24.6 Å². The van der Waals surface area contributed by atoms with Gasteiger partial charge in [-0.15, -0.1) is 19.7 Å². The average molecular weight is 184 g/mol. The third-order valence-corrected chi connectivity index (χ3v) is 8.05. The number of halogens is 1. The summed E-state index contributed by atoms with van der Waals surface area (Å²) in [5.74, 6) is 0. The molecule has 0 saturated carbocycles. The molecule has 65 valence electrons. The molecular formula is C8H21ClP.